The molecule has 0 spiro atoms. The predicted octanol–water partition coefficient (Wildman–Crippen LogP) is 3.58. The number of imide groups is 1. The van der Waals surface area contributed by atoms with E-state index in [-0.39, 0.29) is 18.0 Å². The molecule has 0 fully saturated rings. The number of sulfonamides is 1. The molecule has 1 atom stereocenters. The molecule has 0 saturated heterocycles. The molecule has 6 rings (SSSR count). The normalized spacial score (nSPS) is 18.2. The zero-order valence-electron chi connectivity index (χ0n) is 18.7. The monoisotopic (exact) mass is 504 g/mol. The van der Waals surface area contributed by atoms with Crippen LogP contribution < -0.4 is 0 Å². The molecule has 0 saturated carbocycles. The van der Waals surface area contributed by atoms with E-state index >= 15 is 0 Å². The lowest BCUT2D eigenvalue weighted by Gasteiger charge is -2.38. The van der Waals surface area contributed by atoms with Gasteiger partial charge in [0.25, 0.3) is 11.8 Å². The van der Waals surface area contributed by atoms with Gasteiger partial charge in [-0.1, -0.05) is 42.5 Å². The van der Waals surface area contributed by atoms with E-state index in [0.717, 1.165) is 27.8 Å². The largest absolute Gasteiger partial charge is 0.272 e. The van der Waals surface area contributed by atoms with Gasteiger partial charge in [-0.3, -0.25) is 14.5 Å². The maximum absolute atomic E-state index is 14.2. The maximum Gasteiger partial charge on any atom is 0.261 e. The van der Waals surface area contributed by atoms with Crippen LogP contribution in [0.2, 0.25) is 0 Å². The first kappa shape index (κ1) is 22.0. The number of fused-ring (bicyclic) bond motifs is 3. The third-order valence-corrected chi connectivity index (χ3v) is 9.37. The van der Waals surface area contributed by atoms with Crippen LogP contribution in [0.1, 0.15) is 43.4 Å². The van der Waals surface area contributed by atoms with Crippen molar-refractivity contribution in [1.29, 1.82) is 0 Å². The van der Waals surface area contributed by atoms with Crippen LogP contribution in [0.5, 0.6) is 0 Å². The highest BCUT2D eigenvalue weighted by molar-refractivity contribution is 7.89. The number of benzene rings is 3. The summed E-state index contributed by atoms with van der Waals surface area (Å²) in [5.74, 6) is -0.819. The zero-order chi connectivity index (χ0) is 24.3. The highest BCUT2D eigenvalue weighted by Crippen LogP contribution is 2.38. The first-order chi connectivity index (χ1) is 16.9. The van der Waals surface area contributed by atoms with Gasteiger partial charge >= 0.3 is 0 Å². The van der Waals surface area contributed by atoms with E-state index in [4.69, 9.17) is 0 Å². The van der Waals surface area contributed by atoms with Gasteiger partial charge in [-0.2, -0.15) is 13.1 Å². The number of hydrogen-bond donors (Lipinski definition) is 0. The smallest absolute Gasteiger partial charge is 0.261 e. The summed E-state index contributed by atoms with van der Waals surface area (Å²) in [5, 5.41) is 0. The Morgan fingerprint density at radius 2 is 1.63 bits per heavy atom. The molecule has 0 aliphatic carbocycles. The van der Waals surface area contributed by atoms with Crippen LogP contribution in [0.3, 0.4) is 0 Å². The molecule has 0 radical (unpaired) electrons. The average Bonchev–Trinajstić information content (AvgIpc) is 3.42. The van der Waals surface area contributed by atoms with Crippen molar-refractivity contribution in [3.8, 4) is 0 Å². The van der Waals surface area contributed by atoms with Crippen LogP contribution in [0.25, 0.3) is 11.0 Å². The number of aryl methyl sites for hydroxylation is 1. The second kappa shape index (κ2) is 8.04. The molecule has 0 unspecified atom stereocenters. The minimum Gasteiger partial charge on any atom is -0.272 e. The van der Waals surface area contributed by atoms with Crippen molar-refractivity contribution in [1.82, 2.24) is 18.0 Å². The number of nitrogens with zero attached hydrogens (tertiary/aromatic N) is 4. The minimum absolute atomic E-state index is 0.0765. The molecule has 2 amide bonds. The predicted molar refractivity (Wildman–Crippen MR) is 131 cm³/mol. The lowest BCUT2D eigenvalue weighted by atomic mass is 9.94. The van der Waals surface area contributed by atoms with Crippen LogP contribution >= 0.6 is 11.7 Å². The van der Waals surface area contributed by atoms with Crippen LogP contribution in [-0.4, -0.2) is 51.3 Å². The van der Waals surface area contributed by atoms with Crippen molar-refractivity contribution in [2.45, 2.75) is 24.3 Å². The summed E-state index contributed by atoms with van der Waals surface area (Å²) in [4.78, 5) is 27.6. The molecular weight excluding hydrogens is 484 g/mol. The first-order valence-electron chi connectivity index (χ1n) is 11.1. The molecular formula is C25H20N4O4S2. The Morgan fingerprint density at radius 1 is 0.943 bits per heavy atom. The van der Waals surface area contributed by atoms with Gasteiger partial charge in [-0.15, -0.1) is 0 Å². The van der Waals surface area contributed by atoms with E-state index in [1.165, 1.54) is 4.31 Å². The minimum atomic E-state index is -4.04. The summed E-state index contributed by atoms with van der Waals surface area (Å²) < 4.78 is 38.2. The molecule has 8 nitrogen and oxygen atoms in total. The molecule has 2 aliphatic rings. The Balaban J connectivity index is 1.47. The van der Waals surface area contributed by atoms with Crippen LogP contribution in [0, 0.1) is 6.92 Å². The molecule has 176 valence electrons. The number of aromatic nitrogens is 2. The number of carbonyl (C=O) groups excluding carboxylic acids is 2. The molecule has 0 bridgehead atoms. The summed E-state index contributed by atoms with van der Waals surface area (Å²) in [6, 6.07) is 17.0. The van der Waals surface area contributed by atoms with E-state index in [1.807, 2.05) is 24.3 Å². The molecule has 0 N–H and O–H groups in total. The molecule has 3 aromatic carbocycles. The Hall–Kier alpha value is -3.47. The van der Waals surface area contributed by atoms with Gasteiger partial charge in [0.1, 0.15) is 15.9 Å². The van der Waals surface area contributed by atoms with Crippen molar-refractivity contribution < 1.29 is 18.0 Å². The van der Waals surface area contributed by atoms with E-state index in [2.05, 4.69) is 8.75 Å². The van der Waals surface area contributed by atoms with Crippen LogP contribution in [-0.2, 0) is 16.4 Å². The van der Waals surface area contributed by atoms with Gasteiger partial charge in [0, 0.05) is 6.54 Å². The Morgan fingerprint density at radius 3 is 2.37 bits per heavy atom. The summed E-state index contributed by atoms with van der Waals surface area (Å²) >= 11 is 0.967. The van der Waals surface area contributed by atoms with E-state index in [1.54, 1.807) is 43.3 Å². The van der Waals surface area contributed by atoms with Crippen molar-refractivity contribution in [2.24, 2.45) is 0 Å². The molecule has 3 heterocycles. The van der Waals surface area contributed by atoms with Crippen LogP contribution in [0.15, 0.2) is 65.6 Å². The fourth-order valence-electron chi connectivity index (χ4n) is 5.06. The Kier molecular flexibility index (Phi) is 5.06. The van der Waals surface area contributed by atoms with Gasteiger partial charge in [0.05, 0.1) is 35.4 Å². The topological polar surface area (TPSA) is 101 Å². The van der Waals surface area contributed by atoms with Gasteiger partial charge in [0.2, 0.25) is 10.0 Å². The standard InChI is InChI=1S/C25H20N4O4S2/c1-15-10-11-20-22(27-34-26-20)23(15)35(32,33)29-13-12-16-6-2-3-7-17(16)21(29)14-28-24(30)18-8-4-5-9-19(18)25(28)31/h2-11,21H,12-14H2,1H3/t21-/m0/s1. The summed E-state index contributed by atoms with van der Waals surface area (Å²) in [5.41, 5.74) is 3.91. The van der Waals surface area contributed by atoms with Gasteiger partial charge in [-0.05, 0) is 48.2 Å². The van der Waals surface area contributed by atoms with Crippen LogP contribution in [0.4, 0.5) is 0 Å². The van der Waals surface area contributed by atoms with Gasteiger partial charge < -0.3 is 0 Å². The van der Waals surface area contributed by atoms with E-state index in [9.17, 15) is 18.0 Å². The lowest BCUT2D eigenvalue weighted by molar-refractivity contribution is 0.0616. The fraction of sp³-hybridized carbons (Fsp3) is 0.200. The summed E-state index contributed by atoms with van der Waals surface area (Å²) in [7, 11) is -4.04. The summed E-state index contributed by atoms with van der Waals surface area (Å²) in [6.45, 7) is 1.89. The van der Waals surface area contributed by atoms with Crippen molar-refractivity contribution in [2.75, 3.05) is 13.1 Å². The Bertz CT molecular complexity index is 1590. The van der Waals surface area contributed by atoms with Crippen molar-refractivity contribution in [3.05, 3.63) is 88.5 Å². The number of amides is 2. The summed E-state index contributed by atoms with van der Waals surface area (Å²) in [6.07, 6.45) is 0.526. The third-order valence-electron chi connectivity index (χ3n) is 6.74. The number of rotatable bonds is 4. The third kappa shape index (κ3) is 3.32. The SMILES string of the molecule is Cc1ccc2nsnc2c1S(=O)(=O)N1CCc2ccccc2[C@@H]1CN1C(=O)c2ccccc2C1=O. The van der Waals surface area contributed by atoms with Gasteiger partial charge in [0.15, 0.2) is 0 Å². The maximum atomic E-state index is 14.2. The molecule has 4 aromatic rings. The molecule has 35 heavy (non-hydrogen) atoms. The van der Waals surface area contributed by atoms with Gasteiger partial charge in [-0.25, -0.2) is 8.42 Å². The second-order valence-electron chi connectivity index (χ2n) is 8.69. The number of hydrogen-bond acceptors (Lipinski definition) is 7. The van der Waals surface area contributed by atoms with E-state index in [0.29, 0.717) is 34.1 Å². The molecule has 1 aromatic heterocycles. The van der Waals surface area contributed by atoms with Crippen molar-refractivity contribution >= 4 is 44.6 Å². The number of carbonyl (C=O) groups is 2. The zero-order valence-corrected chi connectivity index (χ0v) is 20.3. The second-order valence-corrected chi connectivity index (χ2v) is 11.0. The average molecular weight is 505 g/mol. The molecule has 10 heteroatoms. The molecule has 2 aliphatic heterocycles. The fourth-order valence-corrected chi connectivity index (χ4v) is 7.61. The highest BCUT2D eigenvalue weighted by atomic mass is 32.2. The quantitative estimate of drug-likeness (QED) is 0.394. The van der Waals surface area contributed by atoms with E-state index < -0.39 is 27.9 Å². The van der Waals surface area contributed by atoms with Crippen molar-refractivity contribution in [3.63, 3.8) is 0 Å². The Labute approximate surface area is 206 Å². The first-order valence-corrected chi connectivity index (χ1v) is 13.3. The lowest BCUT2D eigenvalue weighted by Crippen LogP contribution is -2.46. The highest BCUT2D eigenvalue weighted by Gasteiger charge is 2.43.